The Morgan fingerprint density at radius 1 is 1.06 bits per heavy atom. The summed E-state index contributed by atoms with van der Waals surface area (Å²) in [5.74, 6) is -4.99. The van der Waals surface area contributed by atoms with Gasteiger partial charge in [0.1, 0.15) is 18.1 Å². The summed E-state index contributed by atoms with van der Waals surface area (Å²) in [7, 11) is 0. The summed E-state index contributed by atoms with van der Waals surface area (Å²) in [6.07, 6.45) is 0.961. The Hall–Kier alpha value is -3.42. The maximum absolute atomic E-state index is 12.6. The van der Waals surface area contributed by atoms with Gasteiger partial charge in [-0.05, 0) is 39.2 Å². The molecular weight excluding hydrogens is 426 g/mol. The molecule has 10 N–H and O–H groups in total. The van der Waals surface area contributed by atoms with Crippen molar-refractivity contribution in [3.8, 4) is 0 Å². The summed E-state index contributed by atoms with van der Waals surface area (Å²) >= 11 is 0. The van der Waals surface area contributed by atoms with E-state index in [1.54, 1.807) is 0 Å². The van der Waals surface area contributed by atoms with Crippen molar-refractivity contribution in [1.29, 1.82) is 0 Å². The average molecular weight is 457 g/mol. The maximum atomic E-state index is 12.6. The lowest BCUT2D eigenvalue weighted by atomic mass is 10.1. The van der Waals surface area contributed by atoms with Crippen LogP contribution >= 0.6 is 0 Å². The second-order valence-electron chi connectivity index (χ2n) is 7.39. The van der Waals surface area contributed by atoms with Gasteiger partial charge < -0.3 is 42.9 Å². The third kappa shape index (κ3) is 9.59. The minimum absolute atomic E-state index is 0.0403. The van der Waals surface area contributed by atoms with Crippen molar-refractivity contribution in [3.05, 3.63) is 0 Å². The molecule has 1 fully saturated rings. The van der Waals surface area contributed by atoms with Crippen LogP contribution in [0.1, 0.15) is 39.0 Å². The van der Waals surface area contributed by atoms with E-state index in [0.29, 0.717) is 13.0 Å². The van der Waals surface area contributed by atoms with Gasteiger partial charge in [0.05, 0.1) is 12.5 Å². The molecule has 14 nitrogen and oxygen atoms in total. The van der Waals surface area contributed by atoms with Crippen molar-refractivity contribution < 1.29 is 34.2 Å². The first kappa shape index (κ1) is 26.6. The van der Waals surface area contributed by atoms with Crippen molar-refractivity contribution in [3.63, 3.8) is 0 Å². The Balaban J connectivity index is 2.79. The van der Waals surface area contributed by atoms with Gasteiger partial charge in [-0.3, -0.25) is 24.2 Å². The molecule has 1 aliphatic heterocycles. The molecule has 0 aromatic carbocycles. The SMILES string of the molecule is CC(NC(=O)C1CCCN1)C(=O)NC(CCCN=C(N)N)C(=O)NC(CC(=O)O)C(=O)O. The lowest BCUT2D eigenvalue weighted by Gasteiger charge is -2.23. The van der Waals surface area contributed by atoms with Gasteiger partial charge in [-0.25, -0.2) is 4.79 Å². The summed E-state index contributed by atoms with van der Waals surface area (Å²) in [6.45, 7) is 2.30. The van der Waals surface area contributed by atoms with E-state index >= 15 is 0 Å². The second-order valence-corrected chi connectivity index (χ2v) is 7.39. The Labute approximate surface area is 184 Å². The zero-order valence-electron chi connectivity index (χ0n) is 17.8. The first-order valence-corrected chi connectivity index (χ1v) is 10.2. The number of hydrogen-bond donors (Lipinski definition) is 8. The number of carboxylic acids is 2. The van der Waals surface area contributed by atoms with Crippen LogP contribution in [0.25, 0.3) is 0 Å². The second kappa shape index (κ2) is 13.1. The quantitative estimate of drug-likeness (QED) is 0.0783. The van der Waals surface area contributed by atoms with Crippen LogP contribution in [0.5, 0.6) is 0 Å². The van der Waals surface area contributed by atoms with E-state index in [1.165, 1.54) is 6.92 Å². The number of nitrogens with one attached hydrogen (secondary N) is 4. The smallest absolute Gasteiger partial charge is 0.326 e. The molecule has 4 atom stereocenters. The van der Waals surface area contributed by atoms with Crippen LogP contribution in [-0.2, 0) is 24.0 Å². The number of carbonyl (C=O) groups is 5. The molecule has 0 saturated carbocycles. The molecule has 1 aliphatic rings. The van der Waals surface area contributed by atoms with Crippen LogP contribution in [0, 0.1) is 0 Å². The van der Waals surface area contributed by atoms with Crippen molar-refractivity contribution in [2.24, 2.45) is 16.5 Å². The average Bonchev–Trinajstić information content (AvgIpc) is 3.23. The Morgan fingerprint density at radius 2 is 1.72 bits per heavy atom. The van der Waals surface area contributed by atoms with E-state index in [1.807, 2.05) is 0 Å². The first-order valence-electron chi connectivity index (χ1n) is 10.2. The molecule has 0 spiro atoms. The lowest BCUT2D eigenvalue weighted by molar-refractivity contribution is -0.147. The van der Waals surface area contributed by atoms with E-state index in [4.69, 9.17) is 21.7 Å². The normalized spacial score (nSPS) is 18.0. The molecule has 0 aromatic rings. The van der Waals surface area contributed by atoms with Crippen molar-refractivity contribution >= 4 is 35.6 Å². The van der Waals surface area contributed by atoms with Crippen molar-refractivity contribution in [2.45, 2.75) is 63.2 Å². The Kier molecular flexibility index (Phi) is 10.9. The molecule has 0 aromatic heterocycles. The standard InChI is InChI=1S/C18H31N7O7/c1-9(23-15(29)10-4-2-6-21-10)14(28)24-11(5-3-7-22-18(19)20)16(30)25-12(17(31)32)8-13(26)27/h9-12,21H,2-8H2,1H3,(H,23,29)(H,24,28)(H,25,30)(H,26,27)(H,31,32)(H4,19,20,22). The molecular formula is C18H31N7O7. The van der Waals surface area contributed by atoms with Gasteiger partial charge >= 0.3 is 11.9 Å². The predicted molar refractivity (Wildman–Crippen MR) is 112 cm³/mol. The van der Waals surface area contributed by atoms with Gasteiger partial charge in [-0.2, -0.15) is 0 Å². The van der Waals surface area contributed by atoms with E-state index < -0.39 is 54.3 Å². The Bertz CT molecular complexity index is 733. The first-order chi connectivity index (χ1) is 15.0. The summed E-state index contributed by atoms with van der Waals surface area (Å²) < 4.78 is 0. The minimum Gasteiger partial charge on any atom is -0.481 e. The number of aliphatic carboxylic acids is 2. The number of hydrogen-bond acceptors (Lipinski definition) is 7. The van der Waals surface area contributed by atoms with E-state index in [0.717, 1.165) is 6.42 Å². The minimum atomic E-state index is -1.68. The number of rotatable bonds is 13. The summed E-state index contributed by atoms with van der Waals surface area (Å²) in [5.41, 5.74) is 10.5. The topological polar surface area (TPSA) is 238 Å². The highest BCUT2D eigenvalue weighted by Crippen LogP contribution is 2.06. The van der Waals surface area contributed by atoms with Gasteiger partial charge in [0.2, 0.25) is 17.7 Å². The van der Waals surface area contributed by atoms with E-state index in [9.17, 15) is 24.0 Å². The van der Waals surface area contributed by atoms with Crippen molar-refractivity contribution in [2.75, 3.05) is 13.1 Å². The number of nitrogens with two attached hydrogens (primary N) is 2. The molecule has 0 bridgehead atoms. The number of aliphatic imine (C=N–C) groups is 1. The number of amides is 3. The maximum Gasteiger partial charge on any atom is 0.326 e. The third-order valence-electron chi connectivity index (χ3n) is 4.70. The highest BCUT2D eigenvalue weighted by atomic mass is 16.4. The van der Waals surface area contributed by atoms with Crippen LogP contribution in [0.15, 0.2) is 4.99 Å². The molecule has 1 saturated heterocycles. The van der Waals surface area contributed by atoms with E-state index in [2.05, 4.69) is 26.3 Å². The molecule has 4 unspecified atom stereocenters. The molecule has 1 rings (SSSR count). The third-order valence-corrected chi connectivity index (χ3v) is 4.70. The summed E-state index contributed by atoms with van der Waals surface area (Å²) in [6, 6.07) is -4.23. The number of carboxylic acid groups (broad SMARTS) is 2. The number of guanidine groups is 1. The van der Waals surface area contributed by atoms with Gasteiger partial charge in [-0.1, -0.05) is 0 Å². The zero-order chi connectivity index (χ0) is 24.3. The van der Waals surface area contributed by atoms with Gasteiger partial charge in [0.25, 0.3) is 0 Å². The fourth-order valence-corrected chi connectivity index (χ4v) is 3.00. The predicted octanol–water partition coefficient (Wildman–Crippen LogP) is -3.17. The van der Waals surface area contributed by atoms with Crippen LogP contribution in [0.4, 0.5) is 0 Å². The highest BCUT2D eigenvalue weighted by molar-refractivity contribution is 5.94. The molecule has 0 aliphatic carbocycles. The fraction of sp³-hybridized carbons (Fsp3) is 0.667. The van der Waals surface area contributed by atoms with Gasteiger partial charge in [0, 0.05) is 6.54 Å². The Morgan fingerprint density at radius 3 is 2.25 bits per heavy atom. The molecule has 1 heterocycles. The largest absolute Gasteiger partial charge is 0.481 e. The lowest BCUT2D eigenvalue weighted by Crippen LogP contribution is -2.56. The summed E-state index contributed by atoms with van der Waals surface area (Å²) in [4.78, 5) is 63.2. The molecule has 3 amide bonds. The summed E-state index contributed by atoms with van der Waals surface area (Å²) in [5, 5.41) is 28.1. The fourth-order valence-electron chi connectivity index (χ4n) is 3.00. The number of nitrogens with zero attached hydrogens (tertiary/aromatic N) is 1. The molecule has 180 valence electrons. The zero-order valence-corrected chi connectivity index (χ0v) is 17.8. The van der Waals surface area contributed by atoms with E-state index in [-0.39, 0.29) is 31.3 Å². The monoisotopic (exact) mass is 457 g/mol. The molecule has 14 heteroatoms. The van der Waals surface area contributed by atoms with Crippen LogP contribution in [0.3, 0.4) is 0 Å². The molecule has 0 radical (unpaired) electrons. The number of carbonyl (C=O) groups excluding carboxylic acids is 3. The van der Waals surface area contributed by atoms with Crippen LogP contribution in [-0.4, -0.2) is 83.1 Å². The van der Waals surface area contributed by atoms with Crippen LogP contribution < -0.4 is 32.7 Å². The highest BCUT2D eigenvalue weighted by Gasteiger charge is 2.30. The van der Waals surface area contributed by atoms with Gasteiger partial charge in [-0.15, -0.1) is 0 Å². The van der Waals surface area contributed by atoms with Crippen LogP contribution in [0.2, 0.25) is 0 Å². The molecule has 32 heavy (non-hydrogen) atoms. The van der Waals surface area contributed by atoms with Gasteiger partial charge in [0.15, 0.2) is 5.96 Å². The van der Waals surface area contributed by atoms with Crippen molar-refractivity contribution in [1.82, 2.24) is 21.3 Å².